The lowest BCUT2D eigenvalue weighted by molar-refractivity contribution is -0.385. The molecule has 8 heteroatoms. The summed E-state index contributed by atoms with van der Waals surface area (Å²) in [7, 11) is 1.59. The average molecular weight is 329 g/mol. The second-order valence-electron chi connectivity index (χ2n) is 5.61. The van der Waals surface area contributed by atoms with Crippen molar-refractivity contribution in [2.45, 2.75) is 19.8 Å². The zero-order valence-electron chi connectivity index (χ0n) is 13.7. The van der Waals surface area contributed by atoms with E-state index in [-0.39, 0.29) is 11.5 Å². The zero-order chi connectivity index (χ0) is 17.1. The fraction of sp³-hybridized carbons (Fsp3) is 0.375. The monoisotopic (exact) mass is 329 g/mol. The SMILES string of the molecule is COc1ccc(Nc2nc(N3CCCC3)nc(C)c2[N+](=O)[O-])cc1. The first-order valence-corrected chi connectivity index (χ1v) is 7.77. The van der Waals surface area contributed by atoms with Crippen molar-refractivity contribution in [1.29, 1.82) is 0 Å². The van der Waals surface area contributed by atoms with Crippen LogP contribution in [0.3, 0.4) is 0 Å². The van der Waals surface area contributed by atoms with Gasteiger partial charge in [0.15, 0.2) is 0 Å². The highest BCUT2D eigenvalue weighted by atomic mass is 16.6. The van der Waals surface area contributed by atoms with Crippen LogP contribution in [0.15, 0.2) is 24.3 Å². The Morgan fingerprint density at radius 3 is 2.46 bits per heavy atom. The van der Waals surface area contributed by atoms with Crippen LogP contribution in [0.1, 0.15) is 18.5 Å². The smallest absolute Gasteiger partial charge is 0.332 e. The van der Waals surface area contributed by atoms with Crippen LogP contribution < -0.4 is 15.0 Å². The first-order chi connectivity index (χ1) is 11.6. The molecule has 1 aromatic carbocycles. The summed E-state index contributed by atoms with van der Waals surface area (Å²) in [5.74, 6) is 1.46. The van der Waals surface area contributed by atoms with Gasteiger partial charge in [-0.1, -0.05) is 0 Å². The Balaban J connectivity index is 1.97. The van der Waals surface area contributed by atoms with Gasteiger partial charge in [0.05, 0.1) is 12.0 Å². The summed E-state index contributed by atoms with van der Waals surface area (Å²) < 4.78 is 5.12. The summed E-state index contributed by atoms with van der Waals surface area (Å²) >= 11 is 0. The first kappa shape index (κ1) is 16.0. The standard InChI is InChI=1S/C16H19N5O3/c1-11-14(21(22)23)15(18-12-5-7-13(24-2)8-6-12)19-16(17-11)20-9-3-4-10-20/h5-8H,3-4,9-10H2,1-2H3,(H,17,18,19). The molecule has 1 aliphatic heterocycles. The lowest BCUT2D eigenvalue weighted by Gasteiger charge is -2.17. The summed E-state index contributed by atoms with van der Waals surface area (Å²) in [4.78, 5) is 21.7. The fourth-order valence-corrected chi connectivity index (χ4v) is 2.73. The number of nitro groups is 1. The van der Waals surface area contributed by atoms with Gasteiger partial charge in [0, 0.05) is 18.8 Å². The van der Waals surface area contributed by atoms with Crippen molar-refractivity contribution in [2.75, 3.05) is 30.4 Å². The van der Waals surface area contributed by atoms with E-state index < -0.39 is 4.92 Å². The van der Waals surface area contributed by atoms with E-state index in [0.29, 0.717) is 23.1 Å². The number of anilines is 3. The molecule has 3 rings (SSSR count). The lowest BCUT2D eigenvalue weighted by atomic mass is 10.3. The predicted octanol–water partition coefficient (Wildman–Crippen LogP) is 3.05. The number of nitrogens with one attached hydrogen (secondary N) is 1. The molecule has 1 N–H and O–H groups in total. The van der Waals surface area contributed by atoms with E-state index in [4.69, 9.17) is 4.74 Å². The summed E-state index contributed by atoms with van der Waals surface area (Å²) in [6.45, 7) is 3.39. The number of aryl methyl sites for hydroxylation is 1. The third-order valence-electron chi connectivity index (χ3n) is 3.97. The Bertz CT molecular complexity index is 742. The first-order valence-electron chi connectivity index (χ1n) is 7.77. The summed E-state index contributed by atoms with van der Waals surface area (Å²) in [5, 5.41) is 14.5. The Morgan fingerprint density at radius 2 is 1.88 bits per heavy atom. The van der Waals surface area contributed by atoms with Crippen LogP contribution in [0.4, 0.5) is 23.1 Å². The van der Waals surface area contributed by atoms with E-state index in [1.807, 2.05) is 0 Å². The number of rotatable bonds is 5. The van der Waals surface area contributed by atoms with Crippen molar-refractivity contribution >= 4 is 23.1 Å². The highest BCUT2D eigenvalue weighted by molar-refractivity contribution is 5.68. The molecule has 0 radical (unpaired) electrons. The minimum absolute atomic E-state index is 0.103. The van der Waals surface area contributed by atoms with Crippen LogP contribution in [-0.2, 0) is 0 Å². The Morgan fingerprint density at radius 1 is 1.21 bits per heavy atom. The van der Waals surface area contributed by atoms with Gasteiger partial charge in [-0.2, -0.15) is 4.98 Å². The minimum Gasteiger partial charge on any atom is -0.497 e. The van der Waals surface area contributed by atoms with Crippen LogP contribution in [-0.4, -0.2) is 35.1 Å². The maximum Gasteiger partial charge on any atom is 0.332 e. The Kier molecular flexibility index (Phi) is 4.45. The number of aromatic nitrogens is 2. The van der Waals surface area contributed by atoms with Gasteiger partial charge in [-0.05, 0) is 44.0 Å². The topological polar surface area (TPSA) is 93.4 Å². The number of methoxy groups -OCH3 is 1. The molecule has 8 nitrogen and oxygen atoms in total. The van der Waals surface area contributed by atoms with Gasteiger partial charge in [-0.3, -0.25) is 10.1 Å². The number of hydrogen-bond acceptors (Lipinski definition) is 7. The van der Waals surface area contributed by atoms with Gasteiger partial charge in [0.2, 0.25) is 11.8 Å². The van der Waals surface area contributed by atoms with Crippen molar-refractivity contribution in [2.24, 2.45) is 0 Å². The van der Waals surface area contributed by atoms with Crippen LogP contribution in [0.5, 0.6) is 5.75 Å². The van der Waals surface area contributed by atoms with Crippen LogP contribution in [0, 0.1) is 17.0 Å². The molecule has 2 aromatic rings. The molecular weight excluding hydrogens is 310 g/mol. The van der Waals surface area contributed by atoms with Crippen LogP contribution >= 0.6 is 0 Å². The molecule has 1 aliphatic rings. The average Bonchev–Trinajstić information content (AvgIpc) is 3.09. The minimum atomic E-state index is -0.449. The van der Waals surface area contributed by atoms with Gasteiger partial charge >= 0.3 is 5.69 Å². The quantitative estimate of drug-likeness (QED) is 0.665. The van der Waals surface area contributed by atoms with Crippen molar-refractivity contribution in [1.82, 2.24) is 9.97 Å². The molecule has 0 saturated carbocycles. The zero-order valence-corrected chi connectivity index (χ0v) is 13.7. The molecule has 1 saturated heterocycles. The lowest BCUT2D eigenvalue weighted by Crippen LogP contribution is -2.21. The number of nitrogens with zero attached hydrogens (tertiary/aromatic N) is 4. The number of hydrogen-bond donors (Lipinski definition) is 1. The fourth-order valence-electron chi connectivity index (χ4n) is 2.73. The summed E-state index contributed by atoms with van der Waals surface area (Å²) in [5.41, 5.74) is 0.950. The maximum absolute atomic E-state index is 11.4. The van der Waals surface area contributed by atoms with Gasteiger partial charge in [-0.25, -0.2) is 4.98 Å². The largest absolute Gasteiger partial charge is 0.497 e. The molecule has 0 atom stereocenters. The van der Waals surface area contributed by atoms with Crippen molar-refractivity contribution in [3.8, 4) is 5.75 Å². The molecular formula is C16H19N5O3. The molecule has 2 heterocycles. The van der Waals surface area contributed by atoms with E-state index in [1.54, 1.807) is 38.3 Å². The van der Waals surface area contributed by atoms with E-state index in [0.717, 1.165) is 25.9 Å². The second-order valence-corrected chi connectivity index (χ2v) is 5.61. The van der Waals surface area contributed by atoms with E-state index in [2.05, 4.69) is 20.2 Å². The summed E-state index contributed by atoms with van der Waals surface area (Å²) in [6, 6.07) is 7.14. The highest BCUT2D eigenvalue weighted by Gasteiger charge is 2.25. The predicted molar refractivity (Wildman–Crippen MR) is 91.1 cm³/mol. The molecule has 126 valence electrons. The second kappa shape index (κ2) is 6.69. The maximum atomic E-state index is 11.4. The third kappa shape index (κ3) is 3.22. The normalized spacial score (nSPS) is 13.8. The van der Waals surface area contributed by atoms with E-state index >= 15 is 0 Å². The molecule has 0 bridgehead atoms. The van der Waals surface area contributed by atoms with Crippen LogP contribution in [0.2, 0.25) is 0 Å². The molecule has 1 fully saturated rings. The van der Waals surface area contributed by atoms with Crippen molar-refractivity contribution < 1.29 is 9.66 Å². The molecule has 0 spiro atoms. The molecule has 0 unspecified atom stereocenters. The summed E-state index contributed by atoms with van der Waals surface area (Å²) in [6.07, 6.45) is 2.17. The Labute approximate surface area is 139 Å². The molecule has 0 amide bonds. The van der Waals surface area contributed by atoms with Crippen molar-refractivity contribution in [3.63, 3.8) is 0 Å². The molecule has 0 aliphatic carbocycles. The Hall–Kier alpha value is -2.90. The van der Waals surface area contributed by atoms with E-state index in [9.17, 15) is 10.1 Å². The highest BCUT2D eigenvalue weighted by Crippen LogP contribution is 2.31. The van der Waals surface area contributed by atoms with Gasteiger partial charge in [0.1, 0.15) is 11.4 Å². The third-order valence-corrected chi connectivity index (χ3v) is 3.97. The van der Waals surface area contributed by atoms with Gasteiger partial charge < -0.3 is 15.0 Å². The molecule has 1 aromatic heterocycles. The van der Waals surface area contributed by atoms with Gasteiger partial charge in [0.25, 0.3) is 0 Å². The molecule has 24 heavy (non-hydrogen) atoms. The van der Waals surface area contributed by atoms with E-state index in [1.165, 1.54) is 0 Å². The van der Waals surface area contributed by atoms with Crippen LogP contribution in [0.25, 0.3) is 0 Å². The van der Waals surface area contributed by atoms with Gasteiger partial charge in [-0.15, -0.1) is 0 Å². The number of ether oxygens (including phenoxy) is 1. The van der Waals surface area contributed by atoms with Crippen molar-refractivity contribution in [3.05, 3.63) is 40.1 Å². The number of benzene rings is 1.